The minimum absolute atomic E-state index is 0.101. The number of nitrogens with zero attached hydrogens (tertiary/aromatic N) is 1. The number of rotatable bonds is 4. The van der Waals surface area contributed by atoms with Crippen LogP contribution in [0.4, 0.5) is 5.69 Å². The lowest BCUT2D eigenvalue weighted by molar-refractivity contribution is 0.801. The second-order valence-electron chi connectivity index (χ2n) is 13.6. The summed E-state index contributed by atoms with van der Waals surface area (Å²) >= 11 is 0. The number of hydrogen-bond donors (Lipinski definition) is 0. The van der Waals surface area contributed by atoms with E-state index in [4.69, 9.17) is 0 Å². The van der Waals surface area contributed by atoms with Crippen molar-refractivity contribution in [3.63, 3.8) is 0 Å². The molecule has 0 saturated heterocycles. The molecule has 0 saturated carbocycles. The Labute approximate surface area is 291 Å². The molecule has 1 heteroatoms. The van der Waals surface area contributed by atoms with E-state index < -0.39 is 0 Å². The first kappa shape index (κ1) is 27.5. The van der Waals surface area contributed by atoms with Gasteiger partial charge in [-0.1, -0.05) is 158 Å². The van der Waals surface area contributed by atoms with Crippen molar-refractivity contribution in [2.75, 3.05) is 4.90 Å². The Hall–Kier alpha value is -6.44. The van der Waals surface area contributed by atoms with Crippen LogP contribution in [0.15, 0.2) is 182 Å². The molecule has 2 aliphatic rings. The molecule has 1 unspecified atom stereocenters. The minimum atomic E-state index is 0.101. The van der Waals surface area contributed by atoms with Gasteiger partial charge in [-0.3, -0.25) is 0 Å². The summed E-state index contributed by atoms with van der Waals surface area (Å²) in [7, 11) is 0. The number of hydrogen-bond acceptors (Lipinski definition) is 1. The quantitative estimate of drug-likeness (QED) is 0.138. The van der Waals surface area contributed by atoms with E-state index in [2.05, 4.69) is 187 Å². The molecule has 9 aromatic rings. The van der Waals surface area contributed by atoms with Crippen molar-refractivity contribution in [3.05, 3.63) is 193 Å². The van der Waals surface area contributed by atoms with Crippen molar-refractivity contribution < 1.29 is 0 Å². The summed E-state index contributed by atoms with van der Waals surface area (Å²) < 4.78 is 0. The summed E-state index contributed by atoms with van der Waals surface area (Å²) in [6, 6.07) is 65.0. The molecule has 232 valence electrons. The summed E-state index contributed by atoms with van der Waals surface area (Å²) in [6.07, 6.45) is 2.50. The Morgan fingerprint density at radius 3 is 1.80 bits per heavy atom. The summed E-state index contributed by atoms with van der Waals surface area (Å²) in [4.78, 5) is 2.56. The standard InChI is InChI=1S/C49H31N/c1-3-14-33(15-4-1)47-39-21-9-10-22-40(39)48(42-28-25-31-13-7-8-20-36(31)49(42)47)45-30-44(50(45)35-18-5-2-6-19-35)34-26-27-37-38-23-11-16-32-17-12-24-41(46(32)38)43(37)29-34/h1-30,44H. The molecule has 0 radical (unpaired) electrons. The Morgan fingerprint density at radius 2 is 1.02 bits per heavy atom. The van der Waals surface area contributed by atoms with E-state index in [9.17, 15) is 0 Å². The fraction of sp³-hybridized carbons (Fsp3) is 0.0204. The van der Waals surface area contributed by atoms with Gasteiger partial charge in [0.25, 0.3) is 0 Å². The maximum atomic E-state index is 2.56. The van der Waals surface area contributed by atoms with Crippen molar-refractivity contribution in [1.29, 1.82) is 0 Å². The predicted molar refractivity (Wildman–Crippen MR) is 212 cm³/mol. The highest BCUT2D eigenvalue weighted by molar-refractivity contribution is 6.27. The van der Waals surface area contributed by atoms with Crippen molar-refractivity contribution in [3.8, 4) is 33.4 Å². The number of anilines is 1. The van der Waals surface area contributed by atoms with E-state index in [1.165, 1.54) is 99.0 Å². The lowest BCUT2D eigenvalue weighted by atomic mass is 9.82. The zero-order chi connectivity index (χ0) is 32.8. The number of benzene rings is 9. The Bertz CT molecular complexity index is 2860. The molecule has 0 spiro atoms. The monoisotopic (exact) mass is 633 g/mol. The third kappa shape index (κ3) is 3.83. The first-order valence-corrected chi connectivity index (χ1v) is 17.5. The average molecular weight is 634 g/mol. The van der Waals surface area contributed by atoms with Gasteiger partial charge < -0.3 is 4.90 Å². The van der Waals surface area contributed by atoms with Crippen LogP contribution < -0.4 is 4.90 Å². The molecular weight excluding hydrogens is 603 g/mol. The van der Waals surface area contributed by atoms with E-state index in [1.54, 1.807) is 0 Å². The van der Waals surface area contributed by atoms with E-state index >= 15 is 0 Å². The molecule has 0 aromatic heterocycles. The highest BCUT2D eigenvalue weighted by Crippen LogP contribution is 2.53. The SMILES string of the molecule is C1=C(c2c3ccccc3c(-c3ccccc3)c3c2ccc2ccccc23)N(c2ccccc2)C1c1ccc2c(c1)-c1cccc3cccc-2c13. The van der Waals surface area contributed by atoms with Crippen molar-refractivity contribution in [2.45, 2.75) is 6.04 Å². The smallest absolute Gasteiger partial charge is 0.0799 e. The van der Waals surface area contributed by atoms with Crippen LogP contribution in [-0.2, 0) is 0 Å². The highest BCUT2D eigenvalue weighted by Gasteiger charge is 2.35. The van der Waals surface area contributed by atoms with Crippen LogP contribution in [0.25, 0.3) is 82.2 Å². The Morgan fingerprint density at radius 1 is 0.380 bits per heavy atom. The van der Waals surface area contributed by atoms with Crippen molar-refractivity contribution in [1.82, 2.24) is 0 Å². The largest absolute Gasteiger partial charge is 0.330 e. The molecule has 0 bridgehead atoms. The topological polar surface area (TPSA) is 3.24 Å². The van der Waals surface area contributed by atoms with Gasteiger partial charge in [0.05, 0.1) is 6.04 Å². The first-order valence-electron chi connectivity index (χ1n) is 17.5. The number of fused-ring (bicyclic) bond motifs is 7. The van der Waals surface area contributed by atoms with Gasteiger partial charge >= 0.3 is 0 Å². The Kier molecular flexibility index (Phi) is 5.79. The van der Waals surface area contributed by atoms with Crippen LogP contribution in [0.3, 0.4) is 0 Å². The van der Waals surface area contributed by atoms with Gasteiger partial charge in [0.1, 0.15) is 0 Å². The minimum Gasteiger partial charge on any atom is -0.330 e. The lowest BCUT2D eigenvalue weighted by Crippen LogP contribution is -2.34. The van der Waals surface area contributed by atoms with E-state index in [1.807, 2.05) is 0 Å². The number of para-hydroxylation sites is 1. The molecule has 1 nitrogen and oxygen atoms in total. The maximum Gasteiger partial charge on any atom is 0.0799 e. The average Bonchev–Trinajstić information content (AvgIpc) is 3.49. The van der Waals surface area contributed by atoms with Gasteiger partial charge in [0, 0.05) is 16.9 Å². The summed E-state index contributed by atoms with van der Waals surface area (Å²) in [5, 5.41) is 10.4. The van der Waals surface area contributed by atoms with Crippen molar-refractivity contribution in [2.24, 2.45) is 0 Å². The van der Waals surface area contributed by atoms with Gasteiger partial charge in [0.15, 0.2) is 0 Å². The van der Waals surface area contributed by atoms with Gasteiger partial charge in [-0.25, -0.2) is 0 Å². The van der Waals surface area contributed by atoms with Crippen LogP contribution in [0.2, 0.25) is 0 Å². The molecule has 1 heterocycles. The van der Waals surface area contributed by atoms with Crippen LogP contribution in [0, 0.1) is 0 Å². The van der Waals surface area contributed by atoms with Gasteiger partial charge in [-0.15, -0.1) is 0 Å². The lowest BCUT2D eigenvalue weighted by Gasteiger charge is -2.43. The summed E-state index contributed by atoms with van der Waals surface area (Å²) in [6.45, 7) is 0. The van der Waals surface area contributed by atoms with Gasteiger partial charge in [-0.2, -0.15) is 0 Å². The third-order valence-corrected chi connectivity index (χ3v) is 11.0. The molecule has 9 aromatic carbocycles. The summed E-state index contributed by atoms with van der Waals surface area (Å²) in [5.41, 5.74) is 12.9. The van der Waals surface area contributed by atoms with Crippen LogP contribution in [0.5, 0.6) is 0 Å². The molecule has 50 heavy (non-hydrogen) atoms. The van der Waals surface area contributed by atoms with Crippen LogP contribution in [-0.4, -0.2) is 0 Å². The fourth-order valence-electron chi connectivity index (χ4n) is 8.83. The van der Waals surface area contributed by atoms with Gasteiger partial charge in [-0.05, 0) is 106 Å². The third-order valence-electron chi connectivity index (χ3n) is 11.0. The molecular formula is C49H31N. The molecule has 1 aliphatic carbocycles. The van der Waals surface area contributed by atoms with Gasteiger partial charge in [0.2, 0.25) is 0 Å². The highest BCUT2D eigenvalue weighted by atomic mass is 15.2. The Balaban J connectivity index is 1.18. The van der Waals surface area contributed by atoms with E-state index in [0.29, 0.717) is 0 Å². The predicted octanol–water partition coefficient (Wildman–Crippen LogP) is 13.2. The van der Waals surface area contributed by atoms with E-state index in [-0.39, 0.29) is 6.04 Å². The molecule has 0 N–H and O–H groups in total. The zero-order valence-corrected chi connectivity index (χ0v) is 27.3. The zero-order valence-electron chi connectivity index (χ0n) is 27.3. The van der Waals surface area contributed by atoms with Crippen LogP contribution in [0.1, 0.15) is 17.2 Å². The van der Waals surface area contributed by atoms with E-state index in [0.717, 1.165) is 0 Å². The fourth-order valence-corrected chi connectivity index (χ4v) is 8.83. The normalized spacial score (nSPS) is 14.7. The molecule has 11 rings (SSSR count). The van der Waals surface area contributed by atoms with Crippen LogP contribution >= 0.6 is 0 Å². The van der Waals surface area contributed by atoms with Crippen molar-refractivity contribution >= 4 is 54.5 Å². The molecule has 1 aliphatic heterocycles. The second-order valence-corrected chi connectivity index (χ2v) is 13.6. The summed E-state index contributed by atoms with van der Waals surface area (Å²) in [5.74, 6) is 0. The molecule has 0 amide bonds. The molecule has 0 fully saturated rings. The first-order chi connectivity index (χ1) is 24.8. The maximum absolute atomic E-state index is 2.56. The molecule has 1 atom stereocenters. The second kappa shape index (κ2) is 10.5.